The Hall–Kier alpha value is -6.12. The summed E-state index contributed by atoms with van der Waals surface area (Å²) < 4.78 is 32.2. The molecule has 5 N–H and O–H groups in total. The van der Waals surface area contributed by atoms with Crippen molar-refractivity contribution in [3.05, 3.63) is 53.2 Å². The maximum absolute atomic E-state index is 14.4. The minimum Gasteiger partial charge on any atom is -0.475 e. The Kier molecular flexibility index (Phi) is 12.0. The topological polar surface area (TPSA) is 211 Å². The first-order valence-electron chi connectivity index (χ1n) is 22.0. The molecule has 2 aromatic carbocycles. The lowest BCUT2D eigenvalue weighted by molar-refractivity contribution is -0.136. The van der Waals surface area contributed by atoms with Crippen LogP contribution in [0.1, 0.15) is 91.0 Å². The molecule has 6 heterocycles. The second-order valence-corrected chi connectivity index (χ2v) is 17.3. The van der Waals surface area contributed by atoms with Crippen LogP contribution >= 0.6 is 0 Å². The van der Waals surface area contributed by atoms with E-state index in [0.717, 1.165) is 74.0 Å². The lowest BCUT2D eigenvalue weighted by Gasteiger charge is -2.36. The number of carbonyl (C=O) groups is 5. The zero-order chi connectivity index (χ0) is 43.8. The second kappa shape index (κ2) is 17.9. The number of alkyl halides is 1. The maximum Gasteiger partial charge on any atom is 0.264 e. The van der Waals surface area contributed by atoms with Crippen LogP contribution in [-0.2, 0) is 19.1 Å². The minimum absolute atomic E-state index is 0.0691. The van der Waals surface area contributed by atoms with E-state index in [1.807, 2.05) is 13.0 Å². The highest BCUT2D eigenvalue weighted by Gasteiger charge is 2.46. The SMILES string of the molecule is CC[C@H]1C(COc2ncc(C#CC3CCC(CN4CCC(OCCNc5cccc6c5C(=O)N(C5CCC(=O)NC5=O)C6=O)CC4)CC3)c3cc4c(N)noc4cc23)NC(=O)[C@H]1F. The first-order valence-corrected chi connectivity index (χ1v) is 22.0. The number of carbonyl (C=O) groups excluding carboxylic acids is 5. The van der Waals surface area contributed by atoms with Gasteiger partial charge in [-0.3, -0.25) is 34.2 Å². The molecule has 3 saturated heterocycles. The van der Waals surface area contributed by atoms with Gasteiger partial charge in [-0.15, -0.1) is 0 Å². The smallest absolute Gasteiger partial charge is 0.264 e. The summed E-state index contributed by atoms with van der Waals surface area (Å²) in [4.78, 5) is 70.8. The summed E-state index contributed by atoms with van der Waals surface area (Å²) in [7, 11) is 0. The molecule has 4 aliphatic heterocycles. The van der Waals surface area contributed by atoms with E-state index in [9.17, 15) is 28.4 Å². The molecule has 4 atom stereocenters. The van der Waals surface area contributed by atoms with Crippen LogP contribution in [0.3, 0.4) is 0 Å². The minimum atomic E-state index is -1.56. The van der Waals surface area contributed by atoms with Gasteiger partial charge in [0.15, 0.2) is 17.6 Å². The lowest BCUT2D eigenvalue weighted by Crippen LogP contribution is -2.54. The Morgan fingerprint density at radius 1 is 0.984 bits per heavy atom. The highest BCUT2D eigenvalue weighted by Crippen LogP contribution is 2.36. The van der Waals surface area contributed by atoms with E-state index in [0.29, 0.717) is 53.4 Å². The third-order valence-corrected chi connectivity index (χ3v) is 13.4. The van der Waals surface area contributed by atoms with Gasteiger partial charge in [0.25, 0.3) is 17.7 Å². The molecule has 2 unspecified atom stereocenters. The summed E-state index contributed by atoms with van der Waals surface area (Å²) in [5.74, 6) is 5.19. The van der Waals surface area contributed by atoms with Crippen LogP contribution in [0.15, 0.2) is 41.1 Å². The number of likely N-dealkylation sites (tertiary alicyclic amines) is 1. The molecular weight excluding hydrogens is 812 g/mol. The fourth-order valence-electron chi connectivity index (χ4n) is 9.84. The third kappa shape index (κ3) is 8.53. The molecule has 4 aromatic rings. The maximum atomic E-state index is 14.4. The van der Waals surface area contributed by atoms with E-state index in [4.69, 9.17) is 19.7 Å². The van der Waals surface area contributed by atoms with Gasteiger partial charge in [-0.05, 0) is 81.5 Å². The molecule has 9 rings (SSSR count). The number of ether oxygens (including phenoxy) is 2. The Bertz CT molecular complexity index is 2520. The van der Waals surface area contributed by atoms with Crippen LogP contribution in [0.25, 0.3) is 21.7 Å². The Morgan fingerprint density at radius 2 is 1.79 bits per heavy atom. The first-order chi connectivity index (χ1) is 30.6. The van der Waals surface area contributed by atoms with Crippen molar-refractivity contribution < 1.29 is 42.4 Å². The van der Waals surface area contributed by atoms with Crippen molar-refractivity contribution in [1.82, 2.24) is 30.6 Å². The molecular formula is C46H51FN8O8. The van der Waals surface area contributed by atoms with Gasteiger partial charge in [-0.2, -0.15) is 0 Å². The molecule has 0 bridgehead atoms. The third-order valence-electron chi connectivity index (χ3n) is 13.4. The van der Waals surface area contributed by atoms with Crippen LogP contribution in [0.5, 0.6) is 5.88 Å². The number of nitrogens with zero attached hydrogens (tertiary/aromatic N) is 4. The Balaban J connectivity index is 0.733. The van der Waals surface area contributed by atoms with E-state index >= 15 is 0 Å². The number of nitrogens with two attached hydrogens (primary N) is 1. The molecule has 17 heteroatoms. The molecule has 5 amide bonds. The number of hydrogen-bond donors (Lipinski definition) is 4. The number of anilines is 2. The van der Waals surface area contributed by atoms with Crippen molar-refractivity contribution in [2.75, 3.05) is 50.4 Å². The molecule has 1 saturated carbocycles. The summed E-state index contributed by atoms with van der Waals surface area (Å²) in [6, 6.07) is 7.24. The number of amides is 5. The van der Waals surface area contributed by atoms with Crippen molar-refractivity contribution in [1.29, 1.82) is 0 Å². The Labute approximate surface area is 363 Å². The summed E-state index contributed by atoms with van der Waals surface area (Å²) in [5, 5.41) is 14.3. The van der Waals surface area contributed by atoms with Gasteiger partial charge in [0.05, 0.1) is 40.8 Å². The number of nitrogens with one attached hydrogen (secondary N) is 3. The van der Waals surface area contributed by atoms with Crippen LogP contribution < -0.4 is 26.4 Å². The normalized spacial score (nSPS) is 25.6. The number of hydrogen-bond acceptors (Lipinski definition) is 13. The standard InChI is InChI=1S/C46H51FN8O8/c1-2-29-35(51-43(58)40(29)47)24-62-44-32-21-37-33(41(48)53-63-37)20-31(32)27(22-50-44)11-10-25-6-8-26(9-7-25)23-54-17-14-28(15-18-54)61-19-16-49-34-5-3-4-30-39(34)46(60)55(45(30)59)36-12-13-38(56)52-42(36)57/h3-5,20-22,25-26,28-29,35-36,40,49H,2,6-9,12-19,23-24H2,1H3,(H2,48,53)(H,51,58)(H,52,56,57)/t25?,26?,29-,35?,36?,40-/m0/s1. The summed E-state index contributed by atoms with van der Waals surface area (Å²) >= 11 is 0. The van der Waals surface area contributed by atoms with E-state index in [1.54, 1.807) is 30.5 Å². The molecule has 330 valence electrons. The molecule has 1 aliphatic carbocycles. The van der Waals surface area contributed by atoms with Crippen molar-refractivity contribution in [2.24, 2.45) is 17.8 Å². The van der Waals surface area contributed by atoms with Crippen molar-refractivity contribution in [2.45, 2.75) is 89.1 Å². The zero-order valence-corrected chi connectivity index (χ0v) is 35.1. The van der Waals surface area contributed by atoms with Crippen molar-refractivity contribution in [3.63, 3.8) is 0 Å². The van der Waals surface area contributed by atoms with E-state index in [2.05, 4.69) is 42.8 Å². The fraction of sp³-hybridized carbons (Fsp3) is 0.500. The number of halogens is 1. The van der Waals surface area contributed by atoms with Gasteiger partial charge >= 0.3 is 0 Å². The lowest BCUT2D eigenvalue weighted by atomic mass is 9.81. The van der Waals surface area contributed by atoms with Gasteiger partial charge in [0, 0.05) is 67.1 Å². The first kappa shape index (κ1) is 42.2. The van der Waals surface area contributed by atoms with Gasteiger partial charge in [0.2, 0.25) is 17.7 Å². The van der Waals surface area contributed by atoms with E-state index in [-0.39, 0.29) is 48.4 Å². The van der Waals surface area contributed by atoms with Crippen LogP contribution in [0, 0.1) is 29.6 Å². The Morgan fingerprint density at radius 3 is 2.57 bits per heavy atom. The average molecular weight is 863 g/mol. The van der Waals surface area contributed by atoms with E-state index in [1.165, 1.54) is 0 Å². The summed E-state index contributed by atoms with van der Waals surface area (Å²) in [6.07, 6.45) is 7.05. The highest BCUT2D eigenvalue weighted by molar-refractivity contribution is 6.25. The number of benzene rings is 2. The number of fused-ring (bicyclic) bond motifs is 3. The number of nitrogen functional groups attached to an aromatic ring is 1. The number of pyridine rings is 1. The fourth-order valence-corrected chi connectivity index (χ4v) is 9.84. The molecule has 2 aromatic heterocycles. The average Bonchev–Trinajstić information content (AvgIpc) is 3.88. The molecule has 0 radical (unpaired) electrons. The monoisotopic (exact) mass is 862 g/mol. The molecule has 5 aliphatic rings. The molecule has 16 nitrogen and oxygen atoms in total. The summed E-state index contributed by atoms with van der Waals surface area (Å²) in [5.41, 5.74) is 8.33. The molecule has 4 fully saturated rings. The van der Waals surface area contributed by atoms with Crippen LogP contribution in [-0.4, -0.2) is 113 Å². The van der Waals surface area contributed by atoms with Gasteiger partial charge in [-0.25, -0.2) is 9.37 Å². The number of imide groups is 2. The van der Waals surface area contributed by atoms with Gasteiger partial charge in [-0.1, -0.05) is 30.0 Å². The highest BCUT2D eigenvalue weighted by atomic mass is 19.1. The van der Waals surface area contributed by atoms with Crippen molar-refractivity contribution in [3.8, 4) is 17.7 Å². The predicted molar refractivity (Wildman–Crippen MR) is 229 cm³/mol. The van der Waals surface area contributed by atoms with Gasteiger partial charge < -0.3 is 35.3 Å². The van der Waals surface area contributed by atoms with Crippen molar-refractivity contribution >= 4 is 62.8 Å². The number of aromatic nitrogens is 2. The predicted octanol–water partition coefficient (Wildman–Crippen LogP) is 4.35. The van der Waals surface area contributed by atoms with Gasteiger partial charge in [0.1, 0.15) is 12.6 Å². The zero-order valence-electron chi connectivity index (χ0n) is 35.1. The molecule has 0 spiro atoms. The van der Waals surface area contributed by atoms with Crippen LogP contribution in [0.2, 0.25) is 0 Å². The second-order valence-electron chi connectivity index (χ2n) is 17.3. The summed E-state index contributed by atoms with van der Waals surface area (Å²) in [6.45, 7) is 5.79. The quantitative estimate of drug-likeness (QED) is 0.0888. The number of piperidine rings is 2. The number of rotatable bonds is 12. The largest absolute Gasteiger partial charge is 0.475 e. The van der Waals surface area contributed by atoms with Crippen LogP contribution in [0.4, 0.5) is 15.9 Å². The van der Waals surface area contributed by atoms with E-state index < -0.39 is 53.7 Å². The molecule has 63 heavy (non-hydrogen) atoms.